The van der Waals surface area contributed by atoms with Crippen molar-refractivity contribution in [3.05, 3.63) is 42.0 Å². The van der Waals surface area contributed by atoms with Gasteiger partial charge in [-0.1, -0.05) is 6.08 Å². The SMILES string of the molecule is C/C=C\c1cc2c(ccn3cc(C)nc23)n1C(=O)OCC. The molecular weight excluding hydrogens is 266 g/mol. The number of aromatic nitrogens is 3. The lowest BCUT2D eigenvalue weighted by Gasteiger charge is -2.06. The van der Waals surface area contributed by atoms with Gasteiger partial charge in [-0.15, -0.1) is 0 Å². The molecule has 3 aromatic rings. The highest BCUT2D eigenvalue weighted by Crippen LogP contribution is 2.25. The Morgan fingerprint density at radius 1 is 1.48 bits per heavy atom. The number of pyridine rings is 1. The minimum atomic E-state index is -0.367. The van der Waals surface area contributed by atoms with Gasteiger partial charge in [-0.05, 0) is 39.0 Å². The van der Waals surface area contributed by atoms with E-state index < -0.39 is 0 Å². The first-order valence-electron chi connectivity index (χ1n) is 6.95. The Bertz CT molecular complexity index is 855. The number of carbonyl (C=O) groups excluding carboxylic acids is 1. The molecule has 5 nitrogen and oxygen atoms in total. The lowest BCUT2D eigenvalue weighted by molar-refractivity contribution is 0.155. The number of aryl methyl sites for hydroxylation is 1. The molecule has 0 radical (unpaired) electrons. The minimum Gasteiger partial charge on any atom is -0.449 e. The standard InChI is InChI=1S/C16H17N3O2/c1-4-6-12-9-13-14(19(12)16(20)21-5-2)7-8-18-10-11(3)17-15(13)18/h4,6-10H,5H2,1-3H3/b6-4-. The van der Waals surface area contributed by atoms with E-state index in [1.165, 1.54) is 0 Å². The number of ether oxygens (including phenoxy) is 1. The maximum absolute atomic E-state index is 12.2. The average molecular weight is 283 g/mol. The molecule has 0 aromatic carbocycles. The molecule has 3 rings (SSSR count). The van der Waals surface area contributed by atoms with Gasteiger partial charge in [0.05, 0.1) is 23.5 Å². The summed E-state index contributed by atoms with van der Waals surface area (Å²) in [6.45, 7) is 6.02. The quantitative estimate of drug-likeness (QED) is 0.721. The number of rotatable bonds is 2. The first-order valence-corrected chi connectivity index (χ1v) is 6.95. The first-order chi connectivity index (χ1) is 10.2. The summed E-state index contributed by atoms with van der Waals surface area (Å²) < 4.78 is 8.71. The number of nitrogens with zero attached hydrogens (tertiary/aromatic N) is 3. The maximum Gasteiger partial charge on any atom is 0.418 e. The topological polar surface area (TPSA) is 48.5 Å². The molecule has 3 heterocycles. The molecule has 0 bridgehead atoms. The van der Waals surface area contributed by atoms with Crippen LogP contribution in [0, 0.1) is 6.92 Å². The number of imidazole rings is 1. The summed E-state index contributed by atoms with van der Waals surface area (Å²) in [4.78, 5) is 16.8. The third kappa shape index (κ3) is 2.11. The first kappa shape index (κ1) is 13.4. The van der Waals surface area contributed by atoms with Crippen molar-refractivity contribution in [2.24, 2.45) is 0 Å². The molecule has 0 spiro atoms. The van der Waals surface area contributed by atoms with E-state index in [-0.39, 0.29) is 6.09 Å². The summed E-state index contributed by atoms with van der Waals surface area (Å²) in [5.41, 5.74) is 3.39. The Balaban J connectivity index is 2.35. The Morgan fingerprint density at radius 2 is 2.29 bits per heavy atom. The van der Waals surface area contributed by atoms with Gasteiger partial charge in [-0.3, -0.25) is 0 Å². The van der Waals surface area contributed by atoms with Gasteiger partial charge in [-0.2, -0.15) is 0 Å². The van der Waals surface area contributed by atoms with Crippen LogP contribution in [0.3, 0.4) is 0 Å². The zero-order chi connectivity index (χ0) is 15.0. The zero-order valence-corrected chi connectivity index (χ0v) is 12.3. The van der Waals surface area contributed by atoms with Crippen molar-refractivity contribution in [2.45, 2.75) is 20.8 Å². The fraction of sp³-hybridized carbons (Fsp3) is 0.250. The van der Waals surface area contributed by atoms with Gasteiger partial charge in [0.25, 0.3) is 0 Å². The maximum atomic E-state index is 12.2. The molecule has 0 fully saturated rings. The van der Waals surface area contributed by atoms with Crippen molar-refractivity contribution in [1.82, 2.24) is 14.0 Å². The fourth-order valence-electron chi connectivity index (χ4n) is 2.55. The van der Waals surface area contributed by atoms with Gasteiger partial charge in [0.1, 0.15) is 5.65 Å². The van der Waals surface area contributed by atoms with E-state index in [0.717, 1.165) is 27.9 Å². The number of carbonyl (C=O) groups is 1. The molecule has 5 heteroatoms. The van der Waals surface area contributed by atoms with Crippen LogP contribution in [-0.4, -0.2) is 26.7 Å². The normalized spacial score (nSPS) is 11.8. The number of allylic oxidation sites excluding steroid dienone is 1. The van der Waals surface area contributed by atoms with Crippen molar-refractivity contribution >= 4 is 28.7 Å². The second kappa shape index (κ2) is 5.09. The molecule has 0 saturated heterocycles. The molecule has 0 unspecified atom stereocenters. The Kier molecular flexibility index (Phi) is 3.25. The average Bonchev–Trinajstić information content (AvgIpc) is 2.98. The monoisotopic (exact) mass is 283 g/mol. The Hall–Kier alpha value is -2.56. The lowest BCUT2D eigenvalue weighted by Crippen LogP contribution is -2.14. The zero-order valence-electron chi connectivity index (χ0n) is 12.3. The summed E-state index contributed by atoms with van der Waals surface area (Å²) in [6.07, 6.45) is 7.30. The van der Waals surface area contributed by atoms with Crippen molar-refractivity contribution in [1.29, 1.82) is 0 Å². The Morgan fingerprint density at radius 3 is 3.00 bits per heavy atom. The van der Waals surface area contributed by atoms with Crippen LogP contribution >= 0.6 is 0 Å². The molecule has 0 atom stereocenters. The highest BCUT2D eigenvalue weighted by atomic mass is 16.5. The second-order valence-corrected chi connectivity index (χ2v) is 4.83. The van der Waals surface area contributed by atoms with Crippen molar-refractivity contribution < 1.29 is 9.53 Å². The van der Waals surface area contributed by atoms with Gasteiger partial charge in [0, 0.05) is 17.8 Å². The van der Waals surface area contributed by atoms with E-state index in [1.807, 2.05) is 54.9 Å². The number of hydrogen-bond donors (Lipinski definition) is 0. The molecule has 21 heavy (non-hydrogen) atoms. The van der Waals surface area contributed by atoms with E-state index in [4.69, 9.17) is 4.74 Å². The number of fused-ring (bicyclic) bond motifs is 3. The Labute approximate surface area is 122 Å². The highest BCUT2D eigenvalue weighted by molar-refractivity contribution is 5.99. The summed E-state index contributed by atoms with van der Waals surface area (Å²) in [6, 6.07) is 3.88. The molecule has 0 saturated carbocycles. The molecule has 108 valence electrons. The van der Waals surface area contributed by atoms with Crippen LogP contribution in [0.5, 0.6) is 0 Å². The van der Waals surface area contributed by atoms with E-state index in [2.05, 4.69) is 4.98 Å². The summed E-state index contributed by atoms with van der Waals surface area (Å²) in [7, 11) is 0. The van der Waals surface area contributed by atoms with Crippen LogP contribution in [0.25, 0.3) is 22.6 Å². The van der Waals surface area contributed by atoms with Crippen LogP contribution in [-0.2, 0) is 4.74 Å². The van der Waals surface area contributed by atoms with Crippen molar-refractivity contribution in [3.8, 4) is 0 Å². The van der Waals surface area contributed by atoms with E-state index in [1.54, 1.807) is 11.5 Å². The van der Waals surface area contributed by atoms with E-state index >= 15 is 0 Å². The van der Waals surface area contributed by atoms with Gasteiger partial charge < -0.3 is 9.14 Å². The molecular formula is C16H17N3O2. The molecule has 3 aromatic heterocycles. The summed E-state index contributed by atoms with van der Waals surface area (Å²) in [5.74, 6) is 0. The molecule has 0 aliphatic heterocycles. The minimum absolute atomic E-state index is 0.346. The summed E-state index contributed by atoms with van der Waals surface area (Å²) in [5, 5.41) is 0.937. The van der Waals surface area contributed by atoms with E-state index in [0.29, 0.717) is 6.61 Å². The number of hydrogen-bond acceptors (Lipinski definition) is 3. The largest absolute Gasteiger partial charge is 0.449 e. The van der Waals surface area contributed by atoms with Crippen molar-refractivity contribution in [3.63, 3.8) is 0 Å². The van der Waals surface area contributed by atoms with Gasteiger partial charge in [-0.25, -0.2) is 14.3 Å². The van der Waals surface area contributed by atoms with Crippen LogP contribution in [0.1, 0.15) is 25.2 Å². The van der Waals surface area contributed by atoms with Gasteiger partial charge in [0.2, 0.25) is 0 Å². The van der Waals surface area contributed by atoms with Gasteiger partial charge in [0.15, 0.2) is 0 Å². The van der Waals surface area contributed by atoms with Crippen LogP contribution in [0.4, 0.5) is 4.79 Å². The van der Waals surface area contributed by atoms with Crippen molar-refractivity contribution in [2.75, 3.05) is 6.61 Å². The molecule has 0 aliphatic carbocycles. The third-order valence-electron chi connectivity index (χ3n) is 3.34. The van der Waals surface area contributed by atoms with Gasteiger partial charge >= 0.3 is 6.09 Å². The third-order valence-corrected chi connectivity index (χ3v) is 3.34. The predicted octanol–water partition coefficient (Wildman–Crippen LogP) is 3.64. The fourth-order valence-corrected chi connectivity index (χ4v) is 2.55. The van der Waals surface area contributed by atoms with Crippen LogP contribution in [0.15, 0.2) is 30.6 Å². The highest BCUT2D eigenvalue weighted by Gasteiger charge is 2.17. The molecule has 0 amide bonds. The van der Waals surface area contributed by atoms with Crippen LogP contribution < -0.4 is 0 Å². The molecule has 0 N–H and O–H groups in total. The summed E-state index contributed by atoms with van der Waals surface area (Å²) >= 11 is 0. The smallest absolute Gasteiger partial charge is 0.418 e. The van der Waals surface area contributed by atoms with Crippen LogP contribution in [0.2, 0.25) is 0 Å². The lowest BCUT2D eigenvalue weighted by atomic mass is 10.3. The molecule has 0 aliphatic rings. The van der Waals surface area contributed by atoms with E-state index in [9.17, 15) is 4.79 Å². The second-order valence-electron chi connectivity index (χ2n) is 4.83. The predicted molar refractivity (Wildman–Crippen MR) is 82.6 cm³/mol.